The molecule has 8 nitrogen and oxygen atoms in total. The number of fused-ring (bicyclic) bond motifs is 1. The first-order valence-corrected chi connectivity index (χ1v) is 11.5. The molecular weight excluding hydrogens is 439 g/mol. The smallest absolute Gasteiger partial charge is 0.257 e. The van der Waals surface area contributed by atoms with E-state index in [1.54, 1.807) is 14.2 Å². The van der Waals surface area contributed by atoms with Crippen LogP contribution in [0.3, 0.4) is 0 Å². The van der Waals surface area contributed by atoms with Crippen LogP contribution in [0.1, 0.15) is 23.1 Å². The third kappa shape index (κ3) is 4.87. The molecule has 0 aliphatic carbocycles. The van der Waals surface area contributed by atoms with Gasteiger partial charge in [-0.2, -0.15) is 5.10 Å². The molecule has 2 aromatic carbocycles. The number of amides is 2. The van der Waals surface area contributed by atoms with Crippen LogP contribution in [0, 0.1) is 0 Å². The molecule has 0 saturated carbocycles. The molecule has 1 atom stereocenters. The maximum atomic E-state index is 12.7. The molecule has 0 bridgehead atoms. The lowest BCUT2D eigenvalue weighted by Gasteiger charge is -2.21. The molecule has 9 heteroatoms. The molecule has 1 saturated heterocycles. The van der Waals surface area contributed by atoms with Crippen molar-refractivity contribution in [1.29, 1.82) is 0 Å². The van der Waals surface area contributed by atoms with Crippen LogP contribution in [0.5, 0.6) is 11.5 Å². The topological polar surface area (TPSA) is 74.7 Å². The Kier molecular flexibility index (Phi) is 6.96. The van der Waals surface area contributed by atoms with Gasteiger partial charge in [0.15, 0.2) is 11.5 Å². The van der Waals surface area contributed by atoms with Crippen molar-refractivity contribution in [2.75, 3.05) is 52.3 Å². The number of rotatable bonds is 4. The van der Waals surface area contributed by atoms with Gasteiger partial charge in [-0.25, -0.2) is 5.01 Å². The minimum atomic E-state index is -0.199. The highest BCUT2D eigenvalue weighted by Gasteiger charge is 2.24. The fraction of sp³-hybridized carbons (Fsp3) is 0.375. The standard InChI is InChI=1S/C24H29N4O4P/c1-26-10-4-11-27(22(29)15-26)18-7-5-16(6-8-18)23-19-14-21(32-3)20(31-2)13-17(19)9-12-28(25-23)24(30)33/h5-8,13-14H,4,9-12,15,33H2,1-3H3. The summed E-state index contributed by atoms with van der Waals surface area (Å²) in [4.78, 5) is 28.7. The molecule has 2 amide bonds. The lowest BCUT2D eigenvalue weighted by Crippen LogP contribution is -2.35. The van der Waals surface area contributed by atoms with Crippen LogP contribution >= 0.6 is 9.24 Å². The summed E-state index contributed by atoms with van der Waals surface area (Å²) in [5.41, 5.74) is 4.10. The van der Waals surface area contributed by atoms with E-state index < -0.39 is 0 Å². The van der Waals surface area contributed by atoms with Crippen molar-refractivity contribution >= 4 is 32.2 Å². The number of likely N-dealkylation sites (N-methyl/N-ethyl adjacent to an activating group) is 1. The quantitative estimate of drug-likeness (QED) is 0.645. The van der Waals surface area contributed by atoms with E-state index in [2.05, 4.69) is 9.24 Å². The predicted octanol–water partition coefficient (Wildman–Crippen LogP) is 2.98. The Hall–Kier alpha value is -2.96. The van der Waals surface area contributed by atoms with E-state index in [1.165, 1.54) is 5.01 Å². The second-order valence-corrected chi connectivity index (χ2v) is 8.70. The van der Waals surface area contributed by atoms with Crippen LogP contribution in [0.25, 0.3) is 0 Å². The largest absolute Gasteiger partial charge is 0.493 e. The number of nitrogens with zero attached hydrogens (tertiary/aromatic N) is 4. The third-order valence-corrected chi connectivity index (χ3v) is 6.31. The second-order valence-electron chi connectivity index (χ2n) is 8.21. The first-order valence-electron chi connectivity index (χ1n) is 10.9. The van der Waals surface area contributed by atoms with Crippen LogP contribution in [-0.2, 0) is 11.2 Å². The number of ether oxygens (including phenoxy) is 2. The van der Waals surface area contributed by atoms with Gasteiger partial charge in [-0.15, -0.1) is 0 Å². The van der Waals surface area contributed by atoms with Crippen LogP contribution < -0.4 is 14.4 Å². The Morgan fingerprint density at radius 3 is 2.39 bits per heavy atom. The molecule has 1 fully saturated rings. The van der Waals surface area contributed by atoms with Gasteiger partial charge in [0.25, 0.3) is 5.65 Å². The van der Waals surface area contributed by atoms with Gasteiger partial charge < -0.3 is 14.4 Å². The number of hydrogen-bond acceptors (Lipinski definition) is 6. The van der Waals surface area contributed by atoms with E-state index in [0.29, 0.717) is 43.3 Å². The number of carbonyl (C=O) groups excluding carboxylic acids is 2. The Balaban J connectivity index is 1.74. The molecule has 0 radical (unpaired) electrons. The highest BCUT2D eigenvalue weighted by atomic mass is 31.0. The van der Waals surface area contributed by atoms with Crippen molar-refractivity contribution in [3.05, 3.63) is 53.1 Å². The average molecular weight is 468 g/mol. The first kappa shape index (κ1) is 23.2. The molecule has 0 aromatic heterocycles. The number of benzene rings is 2. The number of hydrazone groups is 1. The van der Waals surface area contributed by atoms with Gasteiger partial charge in [-0.1, -0.05) is 12.1 Å². The summed E-state index contributed by atoms with van der Waals surface area (Å²) in [5, 5.41) is 6.15. The average Bonchev–Trinajstić information content (AvgIpc) is 3.10. The maximum Gasteiger partial charge on any atom is 0.257 e. The van der Waals surface area contributed by atoms with Gasteiger partial charge in [-0.3, -0.25) is 14.5 Å². The molecular formula is C24H29N4O4P. The van der Waals surface area contributed by atoms with Gasteiger partial charge in [0.2, 0.25) is 5.91 Å². The first-order chi connectivity index (χ1) is 15.9. The van der Waals surface area contributed by atoms with Crippen molar-refractivity contribution in [1.82, 2.24) is 9.91 Å². The zero-order chi connectivity index (χ0) is 23.5. The van der Waals surface area contributed by atoms with Crippen molar-refractivity contribution in [2.24, 2.45) is 5.10 Å². The van der Waals surface area contributed by atoms with Gasteiger partial charge >= 0.3 is 0 Å². The van der Waals surface area contributed by atoms with Crippen LogP contribution in [0.15, 0.2) is 41.5 Å². The maximum absolute atomic E-state index is 12.7. The van der Waals surface area contributed by atoms with Crippen LogP contribution in [0.4, 0.5) is 10.5 Å². The lowest BCUT2D eigenvalue weighted by molar-refractivity contribution is -0.118. The van der Waals surface area contributed by atoms with Crippen molar-refractivity contribution in [2.45, 2.75) is 12.8 Å². The van der Waals surface area contributed by atoms with Crippen molar-refractivity contribution in [3.8, 4) is 11.5 Å². The Labute approximate surface area is 196 Å². The Morgan fingerprint density at radius 2 is 1.73 bits per heavy atom. The molecule has 1 unspecified atom stereocenters. The van der Waals surface area contributed by atoms with E-state index >= 15 is 0 Å². The van der Waals surface area contributed by atoms with E-state index in [1.807, 2.05) is 53.2 Å². The predicted molar refractivity (Wildman–Crippen MR) is 132 cm³/mol. The minimum absolute atomic E-state index is 0.0940. The molecule has 33 heavy (non-hydrogen) atoms. The number of hydrogen-bond donors (Lipinski definition) is 0. The molecule has 2 aromatic rings. The molecule has 0 spiro atoms. The van der Waals surface area contributed by atoms with E-state index in [9.17, 15) is 9.59 Å². The summed E-state index contributed by atoms with van der Waals surface area (Å²) in [6, 6.07) is 11.6. The zero-order valence-electron chi connectivity index (χ0n) is 19.2. The van der Waals surface area contributed by atoms with Crippen LogP contribution in [-0.4, -0.2) is 74.6 Å². The van der Waals surface area contributed by atoms with E-state index in [4.69, 9.17) is 14.6 Å². The highest BCUT2D eigenvalue weighted by molar-refractivity contribution is 7.39. The molecule has 174 valence electrons. The fourth-order valence-electron chi connectivity index (χ4n) is 4.26. The van der Waals surface area contributed by atoms with E-state index in [0.717, 1.165) is 35.3 Å². The minimum Gasteiger partial charge on any atom is -0.493 e. The van der Waals surface area contributed by atoms with Gasteiger partial charge in [0, 0.05) is 36.4 Å². The summed E-state index contributed by atoms with van der Waals surface area (Å²) >= 11 is 0. The SMILES string of the molecule is COc1cc2c(cc1OC)C(c1ccc(N3CCCN(C)CC3=O)cc1)=NN(C(=O)P)CC2. The normalized spacial score (nSPS) is 17.1. The summed E-state index contributed by atoms with van der Waals surface area (Å²) in [7, 11) is 7.36. The molecule has 2 aliphatic heterocycles. The number of anilines is 1. The highest BCUT2D eigenvalue weighted by Crippen LogP contribution is 2.34. The number of carbonyl (C=O) groups is 2. The summed E-state index contributed by atoms with van der Waals surface area (Å²) in [6.45, 7) is 2.47. The lowest BCUT2D eigenvalue weighted by atomic mass is 9.95. The van der Waals surface area contributed by atoms with Gasteiger partial charge in [0.1, 0.15) is 0 Å². The Bertz CT molecular complexity index is 1090. The Morgan fingerprint density at radius 1 is 1.03 bits per heavy atom. The summed E-state index contributed by atoms with van der Waals surface area (Å²) in [5.74, 6) is 1.34. The molecule has 4 rings (SSSR count). The van der Waals surface area contributed by atoms with Crippen molar-refractivity contribution < 1.29 is 19.1 Å². The fourth-order valence-corrected chi connectivity index (χ4v) is 4.45. The molecule has 2 aliphatic rings. The second kappa shape index (κ2) is 9.89. The van der Waals surface area contributed by atoms with Crippen LogP contribution in [0.2, 0.25) is 0 Å². The zero-order valence-corrected chi connectivity index (χ0v) is 20.4. The molecule has 2 heterocycles. The monoisotopic (exact) mass is 468 g/mol. The number of methoxy groups -OCH3 is 2. The summed E-state index contributed by atoms with van der Waals surface area (Å²) in [6.07, 6.45) is 1.56. The van der Waals surface area contributed by atoms with Crippen molar-refractivity contribution in [3.63, 3.8) is 0 Å². The van der Waals surface area contributed by atoms with Gasteiger partial charge in [0.05, 0.1) is 26.5 Å². The van der Waals surface area contributed by atoms with E-state index in [-0.39, 0.29) is 11.6 Å². The van der Waals surface area contributed by atoms with Gasteiger partial charge in [-0.05, 0) is 59.0 Å². The summed E-state index contributed by atoms with van der Waals surface area (Å²) < 4.78 is 11.0. The molecule has 0 N–H and O–H groups in total. The third-order valence-electron chi connectivity index (χ3n) is 6.01.